The Morgan fingerprint density at radius 3 is 2.27 bits per heavy atom. The van der Waals surface area contributed by atoms with Gasteiger partial charge in [0.05, 0.1) is 22.4 Å². The van der Waals surface area contributed by atoms with Crippen LogP contribution >= 0.6 is 0 Å². The third kappa shape index (κ3) is 4.26. The van der Waals surface area contributed by atoms with Gasteiger partial charge in [-0.2, -0.15) is 21.9 Å². The Hall–Kier alpha value is -1.91. The number of sulfonamides is 1. The van der Waals surface area contributed by atoms with E-state index in [4.69, 9.17) is 4.74 Å². The Bertz CT molecular complexity index is 1120. The molecule has 2 aromatic rings. The summed E-state index contributed by atoms with van der Waals surface area (Å²) in [4.78, 5) is -0.0142. The zero-order valence-electron chi connectivity index (χ0n) is 18.0. The van der Waals surface area contributed by atoms with Crippen LogP contribution in [0, 0.1) is 19.8 Å². The molecule has 1 saturated heterocycles. The van der Waals surface area contributed by atoms with Crippen molar-refractivity contribution < 1.29 is 21.6 Å². The minimum absolute atomic E-state index is 0.0137. The number of hydrogen-bond acceptors (Lipinski definition) is 6. The summed E-state index contributed by atoms with van der Waals surface area (Å²) in [7, 11) is -7.88. The van der Waals surface area contributed by atoms with E-state index in [1.807, 2.05) is 20.8 Å². The first-order chi connectivity index (χ1) is 13.9. The van der Waals surface area contributed by atoms with Crippen LogP contribution in [-0.2, 0) is 20.0 Å². The molecule has 10 heteroatoms. The van der Waals surface area contributed by atoms with Crippen LogP contribution < -0.4 is 4.74 Å². The Morgan fingerprint density at radius 2 is 1.70 bits per heavy atom. The average molecular weight is 456 g/mol. The van der Waals surface area contributed by atoms with Crippen molar-refractivity contribution in [2.45, 2.75) is 63.4 Å². The van der Waals surface area contributed by atoms with Gasteiger partial charge in [-0.1, -0.05) is 6.92 Å². The smallest absolute Gasteiger partial charge is 0.283 e. The Morgan fingerprint density at radius 1 is 1.07 bits per heavy atom. The fraction of sp³-hybridized carbons (Fsp3) is 0.550. The average Bonchev–Trinajstić information content (AvgIpc) is 2.97. The predicted molar refractivity (Wildman–Crippen MR) is 114 cm³/mol. The maximum Gasteiger partial charge on any atom is 0.283 e. The second-order valence-corrected chi connectivity index (χ2v) is 11.7. The number of hydrogen-bond donors (Lipinski definition) is 0. The fourth-order valence-electron chi connectivity index (χ4n) is 3.77. The van der Waals surface area contributed by atoms with Gasteiger partial charge in [0.25, 0.3) is 10.0 Å². The van der Waals surface area contributed by atoms with Crippen molar-refractivity contribution in [1.82, 2.24) is 13.5 Å². The minimum Gasteiger partial charge on any atom is -0.491 e. The lowest BCUT2D eigenvalue weighted by molar-refractivity contribution is 0.242. The van der Waals surface area contributed by atoms with E-state index in [0.717, 1.165) is 16.9 Å². The fourth-order valence-corrected chi connectivity index (χ4v) is 7.14. The molecule has 1 aromatic carbocycles. The van der Waals surface area contributed by atoms with Crippen LogP contribution in [0.3, 0.4) is 0 Å². The first-order valence-electron chi connectivity index (χ1n) is 10.0. The van der Waals surface area contributed by atoms with E-state index in [0.29, 0.717) is 18.8 Å². The van der Waals surface area contributed by atoms with E-state index >= 15 is 0 Å². The molecule has 0 saturated carbocycles. The molecule has 1 aliphatic rings. The lowest BCUT2D eigenvalue weighted by Gasteiger charge is -2.30. The van der Waals surface area contributed by atoms with E-state index in [-0.39, 0.29) is 33.2 Å². The molecule has 2 heterocycles. The molecule has 0 aliphatic carbocycles. The van der Waals surface area contributed by atoms with Gasteiger partial charge in [0.15, 0.2) is 0 Å². The first kappa shape index (κ1) is 22.8. The third-order valence-corrected chi connectivity index (χ3v) is 8.92. The summed E-state index contributed by atoms with van der Waals surface area (Å²) in [5.41, 5.74) is 0.266. The van der Waals surface area contributed by atoms with Crippen molar-refractivity contribution in [3.05, 3.63) is 35.7 Å². The quantitative estimate of drug-likeness (QED) is 0.664. The summed E-state index contributed by atoms with van der Waals surface area (Å²) in [5, 5.41) is 4.10. The molecule has 0 amide bonds. The van der Waals surface area contributed by atoms with E-state index in [2.05, 4.69) is 5.10 Å². The summed E-state index contributed by atoms with van der Waals surface area (Å²) in [6.07, 6.45) is 1.73. The summed E-state index contributed by atoms with van der Waals surface area (Å²) < 4.78 is 60.7. The standard InChI is InChI=1S/C20H29N3O5S2/c1-14(2)28-18-8-10-19(11-9-18)29(24,25)23-17(5)20(16(4)21-23)30(26,27)22-12-6-7-15(3)13-22/h8-11,14-15H,6-7,12-13H2,1-5H3/t15-/m0/s1. The molecule has 0 spiro atoms. The van der Waals surface area contributed by atoms with Gasteiger partial charge in [-0.25, -0.2) is 8.42 Å². The monoisotopic (exact) mass is 455 g/mol. The van der Waals surface area contributed by atoms with E-state index < -0.39 is 20.0 Å². The molecule has 8 nitrogen and oxygen atoms in total. The number of aryl methyl sites for hydroxylation is 1. The molecule has 1 atom stereocenters. The number of nitrogens with zero attached hydrogens (tertiary/aromatic N) is 3. The summed E-state index contributed by atoms with van der Waals surface area (Å²) >= 11 is 0. The Labute approximate surface area is 178 Å². The number of piperidine rings is 1. The van der Waals surface area contributed by atoms with Crippen molar-refractivity contribution in [2.24, 2.45) is 5.92 Å². The lowest BCUT2D eigenvalue weighted by Crippen LogP contribution is -2.39. The molecule has 1 fully saturated rings. The van der Waals surface area contributed by atoms with Gasteiger partial charge in [0.2, 0.25) is 10.0 Å². The second-order valence-electron chi connectivity index (χ2n) is 8.10. The molecule has 0 bridgehead atoms. The van der Waals surface area contributed by atoms with Gasteiger partial charge in [-0.15, -0.1) is 0 Å². The maximum atomic E-state index is 13.3. The number of benzene rings is 1. The van der Waals surface area contributed by atoms with Crippen molar-refractivity contribution in [3.8, 4) is 5.75 Å². The summed E-state index contributed by atoms with van der Waals surface area (Å²) in [5.74, 6) is 0.819. The van der Waals surface area contributed by atoms with Gasteiger partial charge in [-0.3, -0.25) is 0 Å². The van der Waals surface area contributed by atoms with E-state index in [9.17, 15) is 16.8 Å². The van der Waals surface area contributed by atoms with E-state index in [1.165, 1.54) is 30.3 Å². The summed E-state index contributed by atoms with van der Waals surface area (Å²) in [6, 6.07) is 6.02. The van der Waals surface area contributed by atoms with Gasteiger partial charge < -0.3 is 4.74 Å². The van der Waals surface area contributed by atoms with Gasteiger partial charge in [-0.05, 0) is 70.7 Å². The Balaban J connectivity index is 2.00. The van der Waals surface area contributed by atoms with Gasteiger partial charge >= 0.3 is 0 Å². The zero-order chi connectivity index (χ0) is 22.3. The highest BCUT2D eigenvalue weighted by atomic mass is 32.2. The SMILES string of the molecule is Cc1nn(S(=O)(=O)c2ccc(OC(C)C)cc2)c(C)c1S(=O)(=O)N1CCC[C@H](C)C1. The zero-order valence-corrected chi connectivity index (χ0v) is 19.6. The molecular formula is C20H29N3O5S2. The highest BCUT2D eigenvalue weighted by Gasteiger charge is 2.35. The van der Waals surface area contributed by atoms with Crippen LogP contribution in [0.4, 0.5) is 0 Å². The minimum atomic E-state index is -4.05. The normalized spacial score (nSPS) is 18.7. The second kappa shape index (κ2) is 8.32. The van der Waals surface area contributed by atoms with Crippen molar-refractivity contribution in [1.29, 1.82) is 0 Å². The predicted octanol–water partition coefficient (Wildman–Crippen LogP) is 2.94. The van der Waals surface area contributed by atoms with Crippen LogP contribution in [0.25, 0.3) is 0 Å². The van der Waals surface area contributed by atoms with Crippen LogP contribution in [-0.4, -0.2) is 49.5 Å². The van der Waals surface area contributed by atoms with Crippen molar-refractivity contribution in [2.75, 3.05) is 13.1 Å². The maximum absolute atomic E-state index is 13.3. The molecule has 0 unspecified atom stereocenters. The molecule has 30 heavy (non-hydrogen) atoms. The highest BCUT2D eigenvalue weighted by Crippen LogP contribution is 2.29. The molecule has 166 valence electrons. The molecule has 0 N–H and O–H groups in total. The topological polar surface area (TPSA) is 98.6 Å². The van der Waals surface area contributed by atoms with Crippen LogP contribution in [0.15, 0.2) is 34.1 Å². The number of ether oxygens (including phenoxy) is 1. The molecule has 0 radical (unpaired) electrons. The van der Waals surface area contributed by atoms with E-state index in [1.54, 1.807) is 12.1 Å². The number of rotatable bonds is 6. The van der Waals surface area contributed by atoms with Crippen LogP contribution in [0.5, 0.6) is 5.75 Å². The molecule has 1 aliphatic heterocycles. The highest BCUT2D eigenvalue weighted by molar-refractivity contribution is 7.90. The summed E-state index contributed by atoms with van der Waals surface area (Å²) in [6.45, 7) is 9.64. The molecular weight excluding hydrogens is 426 g/mol. The lowest BCUT2D eigenvalue weighted by atomic mass is 10.0. The van der Waals surface area contributed by atoms with Gasteiger partial charge in [0.1, 0.15) is 10.6 Å². The molecule has 1 aromatic heterocycles. The number of aromatic nitrogens is 2. The van der Waals surface area contributed by atoms with Crippen molar-refractivity contribution in [3.63, 3.8) is 0 Å². The third-order valence-electron chi connectivity index (χ3n) is 5.12. The van der Waals surface area contributed by atoms with Crippen LogP contribution in [0.1, 0.15) is 45.0 Å². The van der Waals surface area contributed by atoms with Crippen molar-refractivity contribution >= 4 is 20.0 Å². The van der Waals surface area contributed by atoms with Gasteiger partial charge in [0, 0.05) is 13.1 Å². The first-order valence-corrected chi connectivity index (χ1v) is 12.9. The Kier molecular flexibility index (Phi) is 6.31. The van der Waals surface area contributed by atoms with Crippen LogP contribution in [0.2, 0.25) is 0 Å². The molecule has 3 rings (SSSR count). The largest absolute Gasteiger partial charge is 0.491 e.